The first-order valence-corrected chi connectivity index (χ1v) is 5.32. The van der Waals surface area contributed by atoms with Gasteiger partial charge in [0.2, 0.25) is 5.88 Å². The number of pyridine rings is 1. The summed E-state index contributed by atoms with van der Waals surface area (Å²) in [6.07, 6.45) is 3.26. The van der Waals surface area contributed by atoms with Gasteiger partial charge in [0.05, 0.1) is 13.7 Å². The van der Waals surface area contributed by atoms with E-state index in [4.69, 9.17) is 4.74 Å². The average Bonchev–Trinajstić information content (AvgIpc) is 2.76. The topological polar surface area (TPSA) is 64.9 Å². The number of nitrogens with zero attached hydrogens (tertiary/aromatic N) is 4. The summed E-state index contributed by atoms with van der Waals surface area (Å²) in [4.78, 5) is 8.27. The molecule has 0 spiro atoms. The van der Waals surface area contributed by atoms with Crippen molar-refractivity contribution in [2.45, 2.75) is 13.1 Å². The van der Waals surface area contributed by atoms with E-state index >= 15 is 0 Å². The molecule has 0 radical (unpaired) electrons. The molecule has 2 rings (SSSR count). The Balaban J connectivity index is 1.92. The van der Waals surface area contributed by atoms with Gasteiger partial charge in [0.15, 0.2) is 0 Å². The van der Waals surface area contributed by atoms with Crippen molar-refractivity contribution in [1.82, 2.24) is 25.1 Å². The third kappa shape index (κ3) is 2.79. The van der Waals surface area contributed by atoms with E-state index in [9.17, 15) is 0 Å². The van der Waals surface area contributed by atoms with Gasteiger partial charge in [-0.3, -0.25) is 4.68 Å². The standard InChI is InChI=1S/C11H15N5O/c1-16-10(14-8-15-16)7-12-6-9-4-3-5-13-11(9)17-2/h3-5,8,12H,6-7H2,1-2H3. The minimum absolute atomic E-state index is 0.651. The quantitative estimate of drug-likeness (QED) is 0.815. The predicted octanol–water partition coefficient (Wildman–Crippen LogP) is 0.508. The summed E-state index contributed by atoms with van der Waals surface area (Å²) in [7, 11) is 3.49. The lowest BCUT2D eigenvalue weighted by Crippen LogP contribution is -2.16. The van der Waals surface area contributed by atoms with Gasteiger partial charge >= 0.3 is 0 Å². The molecule has 6 heteroatoms. The molecule has 0 aliphatic rings. The zero-order chi connectivity index (χ0) is 12.1. The van der Waals surface area contributed by atoms with Crippen molar-refractivity contribution in [3.8, 4) is 5.88 Å². The molecule has 0 aliphatic carbocycles. The Kier molecular flexibility index (Phi) is 3.66. The summed E-state index contributed by atoms with van der Waals surface area (Å²) in [5, 5.41) is 7.28. The maximum absolute atomic E-state index is 5.17. The normalized spacial score (nSPS) is 10.5. The SMILES string of the molecule is COc1ncccc1CNCc1ncnn1C. The predicted molar refractivity (Wildman–Crippen MR) is 62.3 cm³/mol. The largest absolute Gasteiger partial charge is 0.481 e. The van der Waals surface area contributed by atoms with Crippen LogP contribution in [0.3, 0.4) is 0 Å². The average molecular weight is 233 g/mol. The van der Waals surface area contributed by atoms with Gasteiger partial charge in [0, 0.05) is 25.4 Å². The van der Waals surface area contributed by atoms with Crippen LogP contribution in [-0.4, -0.2) is 26.9 Å². The van der Waals surface area contributed by atoms with Crippen LogP contribution < -0.4 is 10.1 Å². The third-order valence-corrected chi connectivity index (χ3v) is 2.45. The van der Waals surface area contributed by atoms with E-state index < -0.39 is 0 Å². The molecule has 0 saturated carbocycles. The first-order chi connectivity index (χ1) is 8.31. The van der Waals surface area contributed by atoms with E-state index in [2.05, 4.69) is 20.4 Å². The van der Waals surface area contributed by atoms with Gasteiger partial charge in [-0.2, -0.15) is 5.10 Å². The molecule has 0 saturated heterocycles. The minimum atomic E-state index is 0.651. The van der Waals surface area contributed by atoms with E-state index in [1.54, 1.807) is 24.3 Å². The van der Waals surface area contributed by atoms with Gasteiger partial charge in [-0.05, 0) is 6.07 Å². The molecule has 2 aromatic heterocycles. The number of hydrogen-bond acceptors (Lipinski definition) is 5. The molecule has 0 fully saturated rings. The Morgan fingerprint density at radius 1 is 1.35 bits per heavy atom. The van der Waals surface area contributed by atoms with Crippen molar-refractivity contribution in [2.24, 2.45) is 7.05 Å². The molecule has 1 N–H and O–H groups in total. The zero-order valence-electron chi connectivity index (χ0n) is 9.92. The van der Waals surface area contributed by atoms with Crippen LogP contribution in [0.1, 0.15) is 11.4 Å². The molecule has 0 atom stereocenters. The Bertz CT molecular complexity index is 482. The molecule has 0 aliphatic heterocycles. The molecule has 0 bridgehead atoms. The molecule has 0 amide bonds. The molecule has 6 nitrogen and oxygen atoms in total. The highest BCUT2D eigenvalue weighted by molar-refractivity contribution is 5.24. The van der Waals surface area contributed by atoms with Gasteiger partial charge in [-0.15, -0.1) is 0 Å². The van der Waals surface area contributed by atoms with Crippen LogP contribution in [0.5, 0.6) is 5.88 Å². The number of methoxy groups -OCH3 is 1. The summed E-state index contributed by atoms with van der Waals surface area (Å²) >= 11 is 0. The molecule has 0 aromatic carbocycles. The van der Waals surface area contributed by atoms with Crippen molar-refractivity contribution in [3.63, 3.8) is 0 Å². The summed E-state index contributed by atoms with van der Waals surface area (Å²) in [5.41, 5.74) is 1.03. The van der Waals surface area contributed by atoms with Crippen molar-refractivity contribution < 1.29 is 4.74 Å². The van der Waals surface area contributed by atoms with Crippen molar-refractivity contribution in [3.05, 3.63) is 36.0 Å². The van der Waals surface area contributed by atoms with Gasteiger partial charge in [-0.1, -0.05) is 6.07 Å². The van der Waals surface area contributed by atoms with Gasteiger partial charge in [0.25, 0.3) is 0 Å². The second-order valence-electron chi connectivity index (χ2n) is 3.58. The third-order valence-electron chi connectivity index (χ3n) is 2.45. The van der Waals surface area contributed by atoms with Crippen LogP contribution in [0.2, 0.25) is 0 Å². The number of rotatable bonds is 5. The van der Waals surface area contributed by atoms with Crippen molar-refractivity contribution in [1.29, 1.82) is 0 Å². The van der Waals surface area contributed by atoms with E-state index in [1.165, 1.54) is 0 Å². The lowest BCUT2D eigenvalue weighted by Gasteiger charge is -2.07. The highest BCUT2D eigenvalue weighted by atomic mass is 16.5. The lowest BCUT2D eigenvalue weighted by atomic mass is 10.2. The Morgan fingerprint density at radius 2 is 2.24 bits per heavy atom. The fourth-order valence-corrected chi connectivity index (χ4v) is 1.53. The lowest BCUT2D eigenvalue weighted by molar-refractivity contribution is 0.390. The highest BCUT2D eigenvalue weighted by Crippen LogP contribution is 2.12. The molecule has 17 heavy (non-hydrogen) atoms. The summed E-state index contributed by atoms with van der Waals surface area (Å²) < 4.78 is 6.92. The number of aromatic nitrogens is 4. The molecule has 2 heterocycles. The van der Waals surface area contributed by atoms with Gasteiger partial charge in [0.1, 0.15) is 12.2 Å². The van der Waals surface area contributed by atoms with Gasteiger partial charge < -0.3 is 10.1 Å². The van der Waals surface area contributed by atoms with Crippen LogP contribution in [0.4, 0.5) is 0 Å². The molecular formula is C11H15N5O. The van der Waals surface area contributed by atoms with E-state index in [0.717, 1.165) is 11.4 Å². The monoisotopic (exact) mass is 233 g/mol. The second kappa shape index (κ2) is 5.40. The minimum Gasteiger partial charge on any atom is -0.481 e. The zero-order valence-corrected chi connectivity index (χ0v) is 9.92. The Morgan fingerprint density at radius 3 is 2.94 bits per heavy atom. The van der Waals surface area contributed by atoms with Crippen LogP contribution >= 0.6 is 0 Å². The van der Waals surface area contributed by atoms with Gasteiger partial charge in [-0.25, -0.2) is 9.97 Å². The second-order valence-corrected chi connectivity index (χ2v) is 3.58. The maximum atomic E-state index is 5.17. The molecule has 90 valence electrons. The Labute approximate surface area is 99.7 Å². The summed E-state index contributed by atoms with van der Waals surface area (Å²) in [5.74, 6) is 1.55. The maximum Gasteiger partial charge on any atom is 0.217 e. The molecular weight excluding hydrogens is 218 g/mol. The molecule has 2 aromatic rings. The van der Waals surface area contributed by atoms with E-state index in [-0.39, 0.29) is 0 Å². The number of nitrogens with one attached hydrogen (secondary N) is 1. The highest BCUT2D eigenvalue weighted by Gasteiger charge is 2.04. The first kappa shape index (κ1) is 11.5. The first-order valence-electron chi connectivity index (χ1n) is 5.32. The smallest absolute Gasteiger partial charge is 0.217 e. The summed E-state index contributed by atoms with van der Waals surface area (Å²) in [6.45, 7) is 1.35. The van der Waals surface area contributed by atoms with E-state index in [0.29, 0.717) is 19.0 Å². The van der Waals surface area contributed by atoms with Crippen LogP contribution in [0.15, 0.2) is 24.7 Å². The number of ether oxygens (including phenoxy) is 1. The Hall–Kier alpha value is -1.95. The molecule has 0 unspecified atom stereocenters. The van der Waals surface area contributed by atoms with Crippen LogP contribution in [0.25, 0.3) is 0 Å². The van der Waals surface area contributed by atoms with Crippen LogP contribution in [-0.2, 0) is 20.1 Å². The fourth-order valence-electron chi connectivity index (χ4n) is 1.53. The van der Waals surface area contributed by atoms with Crippen molar-refractivity contribution in [2.75, 3.05) is 7.11 Å². The number of aryl methyl sites for hydroxylation is 1. The van der Waals surface area contributed by atoms with Crippen molar-refractivity contribution >= 4 is 0 Å². The van der Waals surface area contributed by atoms with E-state index in [1.807, 2.05) is 19.2 Å². The van der Waals surface area contributed by atoms with Crippen LogP contribution in [0, 0.1) is 0 Å². The fraction of sp³-hybridized carbons (Fsp3) is 0.364. The number of hydrogen-bond donors (Lipinski definition) is 1. The summed E-state index contributed by atoms with van der Waals surface area (Å²) in [6, 6.07) is 3.87.